The molecule has 0 bridgehead atoms. The second kappa shape index (κ2) is 4.38. The Morgan fingerprint density at radius 1 is 1.71 bits per heavy atom. The SMILES string of the molecule is Cc1nc(CC2CN(C)CCN2)cs1. The number of nitrogens with zero attached hydrogens (tertiary/aromatic N) is 2. The Bertz CT molecular complexity index is 297. The van der Waals surface area contributed by atoms with Gasteiger partial charge in [0.15, 0.2) is 0 Å². The van der Waals surface area contributed by atoms with E-state index in [1.807, 2.05) is 0 Å². The molecule has 1 aromatic rings. The van der Waals surface area contributed by atoms with E-state index in [1.165, 1.54) is 10.7 Å². The quantitative estimate of drug-likeness (QED) is 0.788. The number of likely N-dealkylation sites (N-methyl/N-ethyl adjacent to an activating group) is 1. The van der Waals surface area contributed by atoms with E-state index in [-0.39, 0.29) is 0 Å². The van der Waals surface area contributed by atoms with Gasteiger partial charge in [-0.1, -0.05) is 0 Å². The van der Waals surface area contributed by atoms with E-state index < -0.39 is 0 Å². The molecule has 0 aliphatic carbocycles. The highest BCUT2D eigenvalue weighted by Gasteiger charge is 2.17. The predicted octanol–water partition coefficient (Wildman–Crippen LogP) is 0.898. The maximum absolute atomic E-state index is 4.49. The highest BCUT2D eigenvalue weighted by atomic mass is 32.1. The molecule has 4 heteroatoms. The number of hydrogen-bond donors (Lipinski definition) is 1. The summed E-state index contributed by atoms with van der Waals surface area (Å²) in [4.78, 5) is 6.87. The second-order valence-electron chi connectivity index (χ2n) is 3.98. The monoisotopic (exact) mass is 211 g/mol. The van der Waals surface area contributed by atoms with Crippen LogP contribution in [0.25, 0.3) is 0 Å². The maximum Gasteiger partial charge on any atom is 0.0897 e. The number of thiazole rings is 1. The van der Waals surface area contributed by atoms with Crippen molar-refractivity contribution in [1.82, 2.24) is 15.2 Å². The molecule has 0 amide bonds. The smallest absolute Gasteiger partial charge is 0.0897 e. The van der Waals surface area contributed by atoms with E-state index in [2.05, 4.69) is 34.6 Å². The van der Waals surface area contributed by atoms with Gasteiger partial charge in [0.1, 0.15) is 0 Å². The summed E-state index contributed by atoms with van der Waals surface area (Å²) in [5, 5.41) is 6.87. The van der Waals surface area contributed by atoms with Gasteiger partial charge in [-0.25, -0.2) is 4.98 Å². The molecule has 3 nitrogen and oxygen atoms in total. The van der Waals surface area contributed by atoms with Crippen molar-refractivity contribution in [2.75, 3.05) is 26.7 Å². The van der Waals surface area contributed by atoms with Gasteiger partial charge in [-0.2, -0.15) is 0 Å². The molecule has 1 atom stereocenters. The van der Waals surface area contributed by atoms with Crippen molar-refractivity contribution in [2.24, 2.45) is 0 Å². The summed E-state index contributed by atoms with van der Waals surface area (Å²) in [5.41, 5.74) is 1.24. The number of aromatic nitrogens is 1. The molecular formula is C10H17N3S. The number of rotatable bonds is 2. The van der Waals surface area contributed by atoms with Crippen molar-refractivity contribution >= 4 is 11.3 Å². The Labute approximate surface area is 89.1 Å². The first-order chi connectivity index (χ1) is 6.74. The van der Waals surface area contributed by atoms with Crippen molar-refractivity contribution in [3.05, 3.63) is 16.1 Å². The predicted molar refractivity (Wildman–Crippen MR) is 59.8 cm³/mol. The van der Waals surface area contributed by atoms with Gasteiger partial charge in [0, 0.05) is 37.5 Å². The van der Waals surface area contributed by atoms with Crippen molar-refractivity contribution in [3.8, 4) is 0 Å². The molecule has 1 unspecified atom stereocenters. The summed E-state index contributed by atoms with van der Waals surface area (Å²) in [5.74, 6) is 0. The fraction of sp³-hybridized carbons (Fsp3) is 0.700. The molecule has 1 fully saturated rings. The molecule has 2 rings (SSSR count). The highest BCUT2D eigenvalue weighted by Crippen LogP contribution is 2.11. The molecule has 1 aliphatic rings. The number of piperazine rings is 1. The Balaban J connectivity index is 1.90. The van der Waals surface area contributed by atoms with E-state index in [4.69, 9.17) is 0 Å². The molecule has 0 aromatic carbocycles. The molecule has 14 heavy (non-hydrogen) atoms. The van der Waals surface area contributed by atoms with Crippen molar-refractivity contribution in [3.63, 3.8) is 0 Å². The van der Waals surface area contributed by atoms with E-state index in [0.29, 0.717) is 6.04 Å². The lowest BCUT2D eigenvalue weighted by Gasteiger charge is -2.30. The van der Waals surface area contributed by atoms with Crippen molar-refractivity contribution in [2.45, 2.75) is 19.4 Å². The van der Waals surface area contributed by atoms with E-state index in [1.54, 1.807) is 11.3 Å². The van der Waals surface area contributed by atoms with Crippen LogP contribution in [-0.2, 0) is 6.42 Å². The first-order valence-electron chi connectivity index (χ1n) is 5.07. The topological polar surface area (TPSA) is 28.2 Å². The van der Waals surface area contributed by atoms with Crippen LogP contribution >= 0.6 is 11.3 Å². The Morgan fingerprint density at radius 2 is 2.57 bits per heavy atom. The zero-order chi connectivity index (χ0) is 9.97. The number of hydrogen-bond acceptors (Lipinski definition) is 4. The minimum absolute atomic E-state index is 0.579. The summed E-state index contributed by atoms with van der Waals surface area (Å²) < 4.78 is 0. The van der Waals surface area contributed by atoms with Crippen molar-refractivity contribution < 1.29 is 0 Å². The van der Waals surface area contributed by atoms with Gasteiger partial charge in [-0.3, -0.25) is 0 Å². The summed E-state index contributed by atoms with van der Waals surface area (Å²) in [6, 6.07) is 0.579. The summed E-state index contributed by atoms with van der Waals surface area (Å²) in [7, 11) is 2.18. The minimum atomic E-state index is 0.579. The van der Waals surface area contributed by atoms with E-state index in [0.717, 1.165) is 26.1 Å². The van der Waals surface area contributed by atoms with Gasteiger partial charge >= 0.3 is 0 Å². The van der Waals surface area contributed by atoms with Gasteiger partial charge in [0.05, 0.1) is 10.7 Å². The lowest BCUT2D eigenvalue weighted by atomic mass is 10.1. The molecule has 1 aliphatic heterocycles. The van der Waals surface area contributed by atoms with Crippen LogP contribution in [0.15, 0.2) is 5.38 Å². The summed E-state index contributed by atoms with van der Waals surface area (Å²) >= 11 is 1.74. The second-order valence-corrected chi connectivity index (χ2v) is 5.04. The highest BCUT2D eigenvalue weighted by molar-refractivity contribution is 7.09. The Hall–Kier alpha value is -0.450. The third-order valence-electron chi connectivity index (χ3n) is 2.58. The first kappa shape index (κ1) is 10.1. The van der Waals surface area contributed by atoms with E-state index >= 15 is 0 Å². The van der Waals surface area contributed by atoms with Crippen LogP contribution in [0.4, 0.5) is 0 Å². The zero-order valence-electron chi connectivity index (χ0n) is 8.79. The third kappa shape index (κ3) is 2.53. The largest absolute Gasteiger partial charge is 0.311 e. The maximum atomic E-state index is 4.49. The fourth-order valence-corrected chi connectivity index (χ4v) is 2.51. The van der Waals surface area contributed by atoms with Crippen LogP contribution < -0.4 is 5.32 Å². The van der Waals surface area contributed by atoms with Crippen LogP contribution in [0.1, 0.15) is 10.7 Å². The average molecular weight is 211 g/mol. The molecule has 0 radical (unpaired) electrons. The van der Waals surface area contributed by atoms with Crippen LogP contribution in [0.3, 0.4) is 0 Å². The van der Waals surface area contributed by atoms with Crippen LogP contribution in [-0.4, -0.2) is 42.6 Å². The van der Waals surface area contributed by atoms with Gasteiger partial charge in [-0.15, -0.1) is 11.3 Å². The Morgan fingerprint density at radius 3 is 3.21 bits per heavy atom. The first-order valence-corrected chi connectivity index (χ1v) is 5.95. The molecule has 0 saturated carbocycles. The molecule has 0 spiro atoms. The molecule has 1 saturated heterocycles. The third-order valence-corrected chi connectivity index (χ3v) is 3.40. The van der Waals surface area contributed by atoms with Crippen LogP contribution in [0.2, 0.25) is 0 Å². The molecule has 1 N–H and O–H groups in total. The molecule has 78 valence electrons. The van der Waals surface area contributed by atoms with Crippen LogP contribution in [0, 0.1) is 6.92 Å². The van der Waals surface area contributed by atoms with Gasteiger partial charge in [-0.05, 0) is 14.0 Å². The molecular weight excluding hydrogens is 194 g/mol. The fourth-order valence-electron chi connectivity index (χ4n) is 1.88. The summed E-state index contributed by atoms with van der Waals surface area (Å²) in [6.45, 7) is 5.46. The number of nitrogens with one attached hydrogen (secondary N) is 1. The Kier molecular flexibility index (Phi) is 3.15. The van der Waals surface area contributed by atoms with E-state index in [9.17, 15) is 0 Å². The zero-order valence-corrected chi connectivity index (χ0v) is 9.60. The standard InChI is InChI=1S/C10H17N3S/c1-8-12-10(7-14-8)5-9-6-13(2)4-3-11-9/h7,9,11H,3-6H2,1-2H3. The van der Waals surface area contributed by atoms with Gasteiger partial charge in [0.2, 0.25) is 0 Å². The summed E-state index contributed by atoms with van der Waals surface area (Å²) in [6.07, 6.45) is 1.06. The van der Waals surface area contributed by atoms with Crippen molar-refractivity contribution in [1.29, 1.82) is 0 Å². The average Bonchev–Trinajstić information content (AvgIpc) is 2.51. The van der Waals surface area contributed by atoms with Gasteiger partial charge < -0.3 is 10.2 Å². The number of aryl methyl sites for hydroxylation is 1. The normalized spacial score (nSPS) is 24.0. The minimum Gasteiger partial charge on any atom is -0.311 e. The lowest BCUT2D eigenvalue weighted by Crippen LogP contribution is -2.49. The molecule has 1 aromatic heterocycles. The van der Waals surface area contributed by atoms with Crippen LogP contribution in [0.5, 0.6) is 0 Å². The van der Waals surface area contributed by atoms with Gasteiger partial charge in [0.25, 0.3) is 0 Å². The molecule has 2 heterocycles. The lowest BCUT2D eigenvalue weighted by molar-refractivity contribution is 0.237.